The van der Waals surface area contributed by atoms with Crippen LogP contribution in [0.4, 0.5) is 0 Å². The van der Waals surface area contributed by atoms with Crippen LogP contribution in [-0.2, 0) is 0 Å². The van der Waals surface area contributed by atoms with E-state index < -0.39 is 5.54 Å². The van der Waals surface area contributed by atoms with Crippen molar-refractivity contribution in [1.82, 2.24) is 5.32 Å². The maximum Gasteiger partial charge on any atom is 0.264 e. The summed E-state index contributed by atoms with van der Waals surface area (Å²) in [7, 11) is 0. The average molecular weight is 283 g/mol. The SMILES string of the molecule is N#CC1(NC(=O)c2sccc2Cl)CCCCCC1. The Balaban J connectivity index is 2.13. The number of carbonyl (C=O) groups is 1. The molecule has 0 aliphatic heterocycles. The highest BCUT2D eigenvalue weighted by molar-refractivity contribution is 7.12. The minimum absolute atomic E-state index is 0.224. The van der Waals surface area contributed by atoms with Gasteiger partial charge < -0.3 is 5.32 Å². The van der Waals surface area contributed by atoms with Crippen LogP contribution >= 0.6 is 22.9 Å². The lowest BCUT2D eigenvalue weighted by Gasteiger charge is -2.26. The predicted octanol–water partition coefficient (Wildman–Crippen LogP) is 3.75. The van der Waals surface area contributed by atoms with Crippen LogP contribution in [0.2, 0.25) is 5.02 Å². The molecule has 0 radical (unpaired) electrons. The van der Waals surface area contributed by atoms with Gasteiger partial charge in [0, 0.05) is 0 Å². The Labute approximate surface area is 116 Å². The van der Waals surface area contributed by atoms with Gasteiger partial charge in [0.2, 0.25) is 0 Å². The van der Waals surface area contributed by atoms with E-state index in [9.17, 15) is 10.1 Å². The lowest BCUT2D eigenvalue weighted by Crippen LogP contribution is -2.46. The number of nitriles is 1. The molecule has 0 spiro atoms. The van der Waals surface area contributed by atoms with Gasteiger partial charge in [0.15, 0.2) is 0 Å². The first-order valence-electron chi connectivity index (χ1n) is 6.14. The number of amides is 1. The molecule has 1 N–H and O–H groups in total. The number of rotatable bonds is 2. The van der Waals surface area contributed by atoms with Gasteiger partial charge in [0.1, 0.15) is 10.4 Å². The molecular formula is C13H15ClN2OS. The van der Waals surface area contributed by atoms with E-state index in [-0.39, 0.29) is 5.91 Å². The first-order valence-corrected chi connectivity index (χ1v) is 7.39. The fraction of sp³-hybridized carbons (Fsp3) is 0.538. The average Bonchev–Trinajstić information content (AvgIpc) is 2.66. The summed E-state index contributed by atoms with van der Waals surface area (Å²) < 4.78 is 0. The number of thiophene rings is 1. The fourth-order valence-electron chi connectivity index (χ4n) is 2.33. The predicted molar refractivity (Wildman–Crippen MR) is 72.8 cm³/mol. The van der Waals surface area contributed by atoms with Crippen molar-refractivity contribution in [3.05, 3.63) is 21.3 Å². The van der Waals surface area contributed by atoms with Crippen LogP contribution in [0.15, 0.2) is 11.4 Å². The normalized spacial score (nSPS) is 18.7. The third-order valence-corrected chi connectivity index (χ3v) is 4.69. The Kier molecular flexibility index (Phi) is 4.26. The summed E-state index contributed by atoms with van der Waals surface area (Å²) in [6.45, 7) is 0. The highest BCUT2D eigenvalue weighted by atomic mass is 35.5. The Hall–Kier alpha value is -1.05. The van der Waals surface area contributed by atoms with Crippen LogP contribution in [0.1, 0.15) is 48.2 Å². The van der Waals surface area contributed by atoms with Crippen molar-refractivity contribution in [2.45, 2.75) is 44.1 Å². The van der Waals surface area contributed by atoms with Gasteiger partial charge in [0.25, 0.3) is 5.91 Å². The molecule has 96 valence electrons. The van der Waals surface area contributed by atoms with E-state index in [0.29, 0.717) is 9.90 Å². The second kappa shape index (κ2) is 5.73. The quantitative estimate of drug-likeness (QED) is 0.840. The van der Waals surface area contributed by atoms with Crippen LogP contribution in [0.25, 0.3) is 0 Å². The molecule has 1 fully saturated rings. The molecular weight excluding hydrogens is 268 g/mol. The maximum absolute atomic E-state index is 12.1. The monoisotopic (exact) mass is 282 g/mol. The zero-order chi connectivity index (χ0) is 13.0. The standard InChI is InChI=1S/C13H15ClN2OS/c14-10-5-8-18-11(10)12(17)16-13(9-15)6-3-1-2-4-7-13/h5,8H,1-4,6-7H2,(H,16,17). The molecule has 18 heavy (non-hydrogen) atoms. The number of nitrogens with one attached hydrogen (secondary N) is 1. The molecule has 1 aromatic heterocycles. The minimum atomic E-state index is -0.707. The Bertz CT molecular complexity index is 470. The molecule has 5 heteroatoms. The number of nitrogens with zero attached hydrogens (tertiary/aromatic N) is 1. The van der Waals surface area contributed by atoms with Crippen LogP contribution in [-0.4, -0.2) is 11.4 Å². The van der Waals surface area contributed by atoms with E-state index >= 15 is 0 Å². The summed E-state index contributed by atoms with van der Waals surface area (Å²) in [6.07, 6.45) is 5.73. The Morgan fingerprint density at radius 3 is 2.56 bits per heavy atom. The van der Waals surface area contributed by atoms with Crippen LogP contribution in [0, 0.1) is 11.3 Å². The van der Waals surface area contributed by atoms with Crippen molar-refractivity contribution < 1.29 is 4.79 Å². The molecule has 1 amide bonds. The molecule has 1 heterocycles. The molecule has 0 unspecified atom stereocenters. The van der Waals surface area contributed by atoms with Gasteiger partial charge in [-0.2, -0.15) is 5.26 Å². The molecule has 1 saturated carbocycles. The summed E-state index contributed by atoms with van der Waals surface area (Å²) in [4.78, 5) is 12.6. The van der Waals surface area contributed by atoms with Gasteiger partial charge in [-0.05, 0) is 24.3 Å². The lowest BCUT2D eigenvalue weighted by molar-refractivity contribution is 0.0917. The number of hydrogen-bond donors (Lipinski definition) is 1. The molecule has 1 aliphatic rings. The van der Waals surface area contributed by atoms with Gasteiger partial charge >= 0.3 is 0 Å². The van der Waals surface area contributed by atoms with E-state index in [1.54, 1.807) is 11.4 Å². The van der Waals surface area contributed by atoms with Gasteiger partial charge in [-0.15, -0.1) is 11.3 Å². The zero-order valence-corrected chi connectivity index (χ0v) is 11.6. The van der Waals surface area contributed by atoms with E-state index in [1.807, 2.05) is 0 Å². The summed E-state index contributed by atoms with van der Waals surface area (Å²) in [5.41, 5.74) is -0.707. The summed E-state index contributed by atoms with van der Waals surface area (Å²) in [6, 6.07) is 4.00. The number of hydrogen-bond acceptors (Lipinski definition) is 3. The molecule has 3 nitrogen and oxygen atoms in total. The topological polar surface area (TPSA) is 52.9 Å². The molecule has 2 rings (SSSR count). The summed E-state index contributed by atoms with van der Waals surface area (Å²) in [5.74, 6) is -0.224. The van der Waals surface area contributed by atoms with Crippen molar-refractivity contribution >= 4 is 28.8 Å². The smallest absolute Gasteiger partial charge is 0.264 e. The Morgan fingerprint density at radius 1 is 1.39 bits per heavy atom. The largest absolute Gasteiger partial charge is 0.333 e. The maximum atomic E-state index is 12.1. The number of carbonyl (C=O) groups excluding carboxylic acids is 1. The van der Waals surface area contributed by atoms with Crippen molar-refractivity contribution in [3.63, 3.8) is 0 Å². The molecule has 1 aromatic rings. The van der Waals surface area contributed by atoms with Gasteiger partial charge in [0.05, 0.1) is 11.1 Å². The van der Waals surface area contributed by atoms with Crippen molar-refractivity contribution in [1.29, 1.82) is 5.26 Å². The van der Waals surface area contributed by atoms with Gasteiger partial charge in [-0.25, -0.2) is 0 Å². The first kappa shape index (κ1) is 13.4. The molecule has 0 aromatic carbocycles. The van der Waals surface area contributed by atoms with Crippen LogP contribution in [0.3, 0.4) is 0 Å². The third kappa shape index (κ3) is 2.85. The molecule has 0 atom stereocenters. The van der Waals surface area contributed by atoms with Crippen molar-refractivity contribution in [2.24, 2.45) is 0 Å². The van der Waals surface area contributed by atoms with Crippen molar-refractivity contribution in [3.8, 4) is 6.07 Å². The minimum Gasteiger partial charge on any atom is -0.333 e. The first-order chi connectivity index (χ1) is 8.67. The van der Waals surface area contributed by atoms with E-state index in [4.69, 9.17) is 11.6 Å². The molecule has 0 saturated heterocycles. The highest BCUT2D eigenvalue weighted by Gasteiger charge is 2.33. The highest BCUT2D eigenvalue weighted by Crippen LogP contribution is 2.28. The van der Waals surface area contributed by atoms with Gasteiger partial charge in [-0.1, -0.05) is 37.3 Å². The van der Waals surface area contributed by atoms with Gasteiger partial charge in [-0.3, -0.25) is 4.79 Å². The molecule has 0 bridgehead atoms. The zero-order valence-electron chi connectivity index (χ0n) is 10.0. The second-order valence-electron chi connectivity index (χ2n) is 4.66. The van der Waals surface area contributed by atoms with E-state index in [1.165, 1.54) is 11.3 Å². The second-order valence-corrected chi connectivity index (χ2v) is 5.98. The molecule has 1 aliphatic carbocycles. The van der Waals surface area contributed by atoms with Crippen molar-refractivity contribution in [2.75, 3.05) is 0 Å². The van der Waals surface area contributed by atoms with Crippen LogP contribution in [0.5, 0.6) is 0 Å². The van der Waals surface area contributed by atoms with Crippen LogP contribution < -0.4 is 5.32 Å². The third-order valence-electron chi connectivity index (χ3n) is 3.35. The fourth-order valence-corrected chi connectivity index (χ4v) is 3.36. The summed E-state index contributed by atoms with van der Waals surface area (Å²) in [5, 5.41) is 14.5. The van der Waals surface area contributed by atoms with E-state index in [2.05, 4.69) is 11.4 Å². The Morgan fingerprint density at radius 2 is 2.06 bits per heavy atom. The lowest BCUT2D eigenvalue weighted by atomic mass is 9.92. The summed E-state index contributed by atoms with van der Waals surface area (Å²) >= 11 is 7.25. The number of halogens is 1. The van der Waals surface area contributed by atoms with E-state index in [0.717, 1.165) is 38.5 Å².